The molecule has 26 heteroatoms. The fourth-order valence-electron chi connectivity index (χ4n) is 10.8. The molecule has 0 bridgehead atoms. The number of aryl methyl sites for hydroxylation is 1. The number of hydrogen-bond acceptors (Lipinski definition) is 11. The molecule has 488 valence electrons. The van der Waals surface area contributed by atoms with Crippen LogP contribution in [0.25, 0.3) is 0 Å². The largest absolute Gasteiger partial charge is 0.416 e. The highest BCUT2D eigenvalue weighted by Gasteiger charge is 2.44. The van der Waals surface area contributed by atoms with Gasteiger partial charge in [0.25, 0.3) is 0 Å². The standard InChI is InChI=1S/C62H91ClF3N11O11/c1-16-38(6)53-60(87)72(11)34-51(80)70(9)35-52(81)74(13)48(32-42-21-26-44(63)27-22-42)58(85)71(10)33-49(78)68-45(28-23-41-19-24-43(25-20-41)62(64,65)66)57(84)77-29-17-18-46(77)59(86)76(15)54(37(4)5)61(88)75(14)47(30-36(2)3)56(83)67-39(7)31-50(79)73(12)40(8)55(82)69-53/h19-22,24-27,36-40,45-48,53-54H,16-18,23,28-35H2,1-15H3,(H,67,83)(H,68,78)(H,69,82)/t38-,39+,40-,45-,46-,47-,48-,53?,54-/m0/s1. The Morgan fingerprint density at radius 2 is 1.18 bits per heavy atom. The van der Waals surface area contributed by atoms with Gasteiger partial charge in [-0.2, -0.15) is 13.2 Å². The summed E-state index contributed by atoms with van der Waals surface area (Å²) in [5, 5.41) is 8.73. The summed E-state index contributed by atoms with van der Waals surface area (Å²) >= 11 is 6.19. The number of likely N-dealkylation sites (N-methyl/N-ethyl adjacent to an activating group) is 7. The van der Waals surface area contributed by atoms with Crippen molar-refractivity contribution in [3.05, 3.63) is 70.2 Å². The molecule has 2 heterocycles. The van der Waals surface area contributed by atoms with Crippen molar-refractivity contribution in [2.24, 2.45) is 17.8 Å². The molecule has 0 saturated carbocycles. The van der Waals surface area contributed by atoms with Crippen molar-refractivity contribution in [2.45, 2.75) is 161 Å². The number of carbonyl (C=O) groups excluding carboxylic acids is 11. The van der Waals surface area contributed by atoms with Crippen molar-refractivity contribution in [3.63, 3.8) is 0 Å². The van der Waals surface area contributed by atoms with Crippen LogP contribution in [0.3, 0.4) is 0 Å². The van der Waals surface area contributed by atoms with E-state index in [-0.39, 0.29) is 51.0 Å². The van der Waals surface area contributed by atoms with E-state index in [0.717, 1.165) is 31.7 Å². The monoisotopic (exact) mass is 1260 g/mol. The normalized spacial score (nSPS) is 24.9. The van der Waals surface area contributed by atoms with E-state index in [1.807, 2.05) is 20.8 Å². The quantitative estimate of drug-likeness (QED) is 0.308. The van der Waals surface area contributed by atoms with Crippen LogP contribution >= 0.6 is 11.6 Å². The van der Waals surface area contributed by atoms with Gasteiger partial charge in [-0.15, -0.1) is 0 Å². The second-order valence-corrected chi connectivity index (χ2v) is 24.9. The number of nitrogens with one attached hydrogen (secondary N) is 3. The second-order valence-electron chi connectivity index (χ2n) is 24.4. The van der Waals surface area contributed by atoms with Gasteiger partial charge in [0, 0.05) is 79.8 Å². The lowest BCUT2D eigenvalue weighted by atomic mass is 9.96. The van der Waals surface area contributed by atoms with E-state index in [2.05, 4.69) is 16.0 Å². The maximum absolute atomic E-state index is 14.9. The van der Waals surface area contributed by atoms with Gasteiger partial charge in [-0.05, 0) is 99.1 Å². The Hall–Kier alpha value is -7.31. The topological polar surface area (TPSA) is 250 Å². The van der Waals surface area contributed by atoms with E-state index in [0.29, 0.717) is 29.0 Å². The zero-order chi connectivity index (χ0) is 66.4. The summed E-state index contributed by atoms with van der Waals surface area (Å²) in [6, 6.07) is 1.59. The van der Waals surface area contributed by atoms with E-state index < -0.39 is 157 Å². The number of carbonyl (C=O) groups is 11. The van der Waals surface area contributed by atoms with E-state index in [9.17, 15) is 65.9 Å². The molecule has 2 saturated heterocycles. The van der Waals surface area contributed by atoms with Crippen LogP contribution in [0, 0.1) is 17.8 Å². The first-order valence-corrected chi connectivity index (χ1v) is 30.3. The van der Waals surface area contributed by atoms with Gasteiger partial charge in [0.2, 0.25) is 65.0 Å². The number of halogens is 4. The molecule has 11 amide bonds. The molecule has 2 aromatic rings. The molecule has 0 aromatic heterocycles. The van der Waals surface area contributed by atoms with Crippen molar-refractivity contribution < 1.29 is 65.9 Å². The fraction of sp³-hybridized carbons (Fsp3) is 0.629. The number of fused-ring (bicyclic) bond motifs is 1. The van der Waals surface area contributed by atoms with Gasteiger partial charge in [0.05, 0.1) is 25.2 Å². The average Bonchev–Trinajstić information content (AvgIpc) is 4.11. The Labute approximate surface area is 520 Å². The third-order valence-corrected chi connectivity index (χ3v) is 17.0. The van der Waals surface area contributed by atoms with Crippen LogP contribution in [-0.4, -0.2) is 228 Å². The van der Waals surface area contributed by atoms with Gasteiger partial charge in [0.1, 0.15) is 42.3 Å². The number of amides is 11. The van der Waals surface area contributed by atoms with E-state index >= 15 is 0 Å². The SMILES string of the molecule is CC[C@H](C)C1NC(=O)[C@H](C)N(C)C(=O)C[C@@H](C)NC(=O)[C@H](CC(C)C)N(C)C(=O)[C@H](C(C)C)N(C)C(=O)[C@@H]2CCCN2C(=O)[C@H](CCc2ccc(C(F)(F)F)cc2)NC(=O)CN(C)C(=O)[C@H](Cc2ccc(Cl)cc2)N(C)C(=O)CN(C)C(=O)CN(C)C1=O. The van der Waals surface area contributed by atoms with E-state index in [1.165, 1.54) is 88.0 Å². The molecule has 1 unspecified atom stereocenters. The highest BCUT2D eigenvalue weighted by Crippen LogP contribution is 2.30. The van der Waals surface area contributed by atoms with Crippen LogP contribution in [0.2, 0.25) is 5.02 Å². The highest BCUT2D eigenvalue weighted by atomic mass is 35.5. The van der Waals surface area contributed by atoms with Gasteiger partial charge < -0.3 is 55.1 Å². The number of alkyl halides is 3. The Balaban J connectivity index is 1.80. The molecular formula is C62H91ClF3N11O11. The maximum atomic E-state index is 14.9. The van der Waals surface area contributed by atoms with Gasteiger partial charge >= 0.3 is 6.18 Å². The first-order valence-electron chi connectivity index (χ1n) is 29.9. The number of rotatable bonds is 10. The molecule has 2 aliphatic heterocycles. The number of nitrogens with zero attached hydrogens (tertiary/aromatic N) is 8. The molecule has 2 aromatic carbocycles. The summed E-state index contributed by atoms with van der Waals surface area (Å²) in [5.41, 5.74) is 0.0700. The van der Waals surface area contributed by atoms with Crippen LogP contribution < -0.4 is 16.0 Å². The predicted molar refractivity (Wildman–Crippen MR) is 324 cm³/mol. The Bertz CT molecular complexity index is 2830. The van der Waals surface area contributed by atoms with Crippen molar-refractivity contribution >= 4 is 76.6 Å². The molecule has 4 rings (SSSR count). The minimum atomic E-state index is -4.62. The third-order valence-electron chi connectivity index (χ3n) is 16.7. The van der Waals surface area contributed by atoms with Crippen LogP contribution in [-0.2, 0) is 71.8 Å². The molecule has 0 radical (unpaired) electrons. The van der Waals surface area contributed by atoms with E-state index in [1.54, 1.807) is 52.0 Å². The first-order chi connectivity index (χ1) is 41.0. The third kappa shape index (κ3) is 19.6. The molecule has 22 nitrogen and oxygen atoms in total. The lowest BCUT2D eigenvalue weighted by Crippen LogP contribution is -2.60. The molecule has 2 fully saturated rings. The van der Waals surface area contributed by atoms with E-state index in [4.69, 9.17) is 11.6 Å². The molecule has 2 aliphatic rings. The van der Waals surface area contributed by atoms with Crippen molar-refractivity contribution in [2.75, 3.05) is 75.5 Å². The molecule has 0 aliphatic carbocycles. The lowest BCUT2D eigenvalue weighted by Gasteiger charge is -2.39. The molecule has 88 heavy (non-hydrogen) atoms. The zero-order valence-corrected chi connectivity index (χ0v) is 54.3. The number of hydrogen-bond donors (Lipinski definition) is 3. The Kier molecular flexibility index (Phi) is 26.8. The average molecular weight is 1260 g/mol. The van der Waals surface area contributed by atoms with Crippen LogP contribution in [0.5, 0.6) is 0 Å². The summed E-state index contributed by atoms with van der Waals surface area (Å²) < 4.78 is 40.7. The summed E-state index contributed by atoms with van der Waals surface area (Å²) in [5.74, 6) is -8.39. The number of benzene rings is 2. The first kappa shape index (κ1) is 73.2. The van der Waals surface area contributed by atoms with Gasteiger partial charge in [-0.1, -0.05) is 83.8 Å². The van der Waals surface area contributed by atoms with Crippen LogP contribution in [0.4, 0.5) is 13.2 Å². The van der Waals surface area contributed by atoms with Gasteiger partial charge in [-0.3, -0.25) is 52.7 Å². The highest BCUT2D eigenvalue weighted by molar-refractivity contribution is 6.30. The molecule has 3 N–H and O–H groups in total. The fourth-order valence-corrected chi connectivity index (χ4v) is 10.9. The Morgan fingerprint density at radius 1 is 0.602 bits per heavy atom. The van der Waals surface area contributed by atoms with Crippen molar-refractivity contribution in [1.29, 1.82) is 0 Å². The van der Waals surface area contributed by atoms with Gasteiger partial charge in [-0.25, -0.2) is 0 Å². The van der Waals surface area contributed by atoms with Crippen molar-refractivity contribution in [1.82, 2.24) is 55.1 Å². The summed E-state index contributed by atoms with van der Waals surface area (Å²) in [7, 11) is 9.65. The second kappa shape index (κ2) is 32.3. The van der Waals surface area contributed by atoms with Crippen LogP contribution in [0.15, 0.2) is 48.5 Å². The van der Waals surface area contributed by atoms with Gasteiger partial charge in [0.15, 0.2) is 0 Å². The smallest absolute Gasteiger partial charge is 0.351 e. The summed E-state index contributed by atoms with van der Waals surface area (Å²) in [6.45, 7) is 12.1. The Morgan fingerprint density at radius 3 is 1.75 bits per heavy atom. The maximum Gasteiger partial charge on any atom is 0.416 e. The van der Waals surface area contributed by atoms with Crippen LogP contribution in [0.1, 0.15) is 111 Å². The summed E-state index contributed by atoms with van der Waals surface area (Å²) in [6.07, 6.45) is -4.05. The minimum Gasteiger partial charge on any atom is -0.351 e. The zero-order valence-electron chi connectivity index (χ0n) is 53.5. The molecular weight excluding hydrogens is 1170 g/mol. The van der Waals surface area contributed by atoms with Crippen molar-refractivity contribution in [3.8, 4) is 0 Å². The summed E-state index contributed by atoms with van der Waals surface area (Å²) in [4.78, 5) is 167. The predicted octanol–water partition coefficient (Wildman–Crippen LogP) is 3.85. The minimum absolute atomic E-state index is 0.0148. The molecule has 0 spiro atoms. The lowest BCUT2D eigenvalue weighted by molar-refractivity contribution is -0.153. The molecule has 9 atom stereocenters.